The van der Waals surface area contributed by atoms with Gasteiger partial charge in [-0.15, -0.1) is 0 Å². The van der Waals surface area contributed by atoms with Crippen LogP contribution in [0.25, 0.3) is 5.82 Å². The fourth-order valence-electron chi connectivity index (χ4n) is 4.47. The third kappa shape index (κ3) is 4.59. The molecular formula is C24H22ClF2N7O3. The van der Waals surface area contributed by atoms with E-state index >= 15 is 0 Å². The van der Waals surface area contributed by atoms with Crippen LogP contribution >= 0.6 is 11.6 Å². The minimum absolute atomic E-state index is 0.0678. The number of amides is 3. The quantitative estimate of drug-likeness (QED) is 0.542. The SMILES string of the molecule is Cc1nn(-c2cc(OC3CN(C(=O)N4N=CCC4c4cc(F)cc(Cl)c4)C3)c(F)cn2)c(C)c1C(N)=O. The first-order valence-corrected chi connectivity index (χ1v) is 11.8. The average molecular weight is 530 g/mol. The Morgan fingerprint density at radius 1 is 1.16 bits per heavy atom. The lowest BCUT2D eigenvalue weighted by atomic mass is 10.0. The minimum Gasteiger partial charge on any atom is -0.483 e. The molecule has 4 heterocycles. The van der Waals surface area contributed by atoms with Crippen LogP contribution in [0.15, 0.2) is 35.6 Å². The average Bonchev–Trinajstić information content (AvgIpc) is 3.40. The van der Waals surface area contributed by atoms with Crippen LogP contribution in [-0.4, -0.2) is 62.0 Å². The molecule has 2 aromatic heterocycles. The van der Waals surface area contributed by atoms with Gasteiger partial charge in [0.05, 0.1) is 42.3 Å². The molecule has 2 N–H and O–H groups in total. The van der Waals surface area contributed by atoms with E-state index in [0.717, 1.165) is 6.20 Å². The number of aryl methyl sites for hydroxylation is 1. The zero-order valence-electron chi connectivity index (χ0n) is 19.9. The summed E-state index contributed by atoms with van der Waals surface area (Å²) >= 11 is 5.98. The number of carbonyl (C=O) groups is 2. The van der Waals surface area contributed by atoms with Gasteiger partial charge in [0.25, 0.3) is 5.91 Å². The summed E-state index contributed by atoms with van der Waals surface area (Å²) in [5.41, 5.74) is 7.13. The number of hydrazone groups is 1. The normalized spacial score (nSPS) is 17.3. The van der Waals surface area contributed by atoms with Gasteiger partial charge < -0.3 is 15.4 Å². The molecule has 10 nitrogen and oxygen atoms in total. The monoisotopic (exact) mass is 529 g/mol. The number of hydrogen-bond donors (Lipinski definition) is 1. The number of likely N-dealkylation sites (tertiary alicyclic amines) is 1. The molecule has 13 heteroatoms. The maximum atomic E-state index is 14.5. The van der Waals surface area contributed by atoms with Crippen LogP contribution in [0, 0.1) is 25.5 Å². The summed E-state index contributed by atoms with van der Waals surface area (Å²) in [6.07, 6.45) is 2.55. The molecule has 0 spiro atoms. The summed E-state index contributed by atoms with van der Waals surface area (Å²) in [6.45, 7) is 3.70. The second-order valence-corrected chi connectivity index (χ2v) is 9.26. The summed E-state index contributed by atoms with van der Waals surface area (Å²) < 4.78 is 35.5. The number of urea groups is 1. The molecule has 0 radical (unpaired) electrons. The molecule has 3 amide bonds. The Labute approximate surface area is 215 Å². The first kappa shape index (κ1) is 24.6. The van der Waals surface area contributed by atoms with Crippen LogP contribution in [0.2, 0.25) is 5.02 Å². The molecule has 1 atom stereocenters. The Balaban J connectivity index is 1.26. The van der Waals surface area contributed by atoms with Gasteiger partial charge in [-0.1, -0.05) is 11.6 Å². The predicted octanol–water partition coefficient (Wildman–Crippen LogP) is 3.53. The third-order valence-electron chi connectivity index (χ3n) is 6.27. The molecule has 0 aliphatic carbocycles. The number of aromatic nitrogens is 3. The molecule has 37 heavy (non-hydrogen) atoms. The van der Waals surface area contributed by atoms with Crippen molar-refractivity contribution in [3.8, 4) is 11.6 Å². The minimum atomic E-state index is -0.683. The molecule has 1 saturated heterocycles. The van der Waals surface area contributed by atoms with E-state index in [-0.39, 0.29) is 41.3 Å². The second kappa shape index (κ2) is 9.43. The fourth-order valence-corrected chi connectivity index (χ4v) is 4.70. The zero-order chi connectivity index (χ0) is 26.4. The Kier molecular flexibility index (Phi) is 6.28. The van der Waals surface area contributed by atoms with Crippen molar-refractivity contribution in [1.82, 2.24) is 24.7 Å². The number of nitrogens with two attached hydrogens (primary N) is 1. The van der Waals surface area contributed by atoms with Gasteiger partial charge in [-0.3, -0.25) is 4.79 Å². The van der Waals surface area contributed by atoms with E-state index in [9.17, 15) is 18.4 Å². The van der Waals surface area contributed by atoms with Crippen molar-refractivity contribution < 1.29 is 23.1 Å². The van der Waals surface area contributed by atoms with Crippen molar-refractivity contribution in [3.63, 3.8) is 0 Å². The summed E-state index contributed by atoms with van der Waals surface area (Å²) in [6, 6.07) is 4.64. The number of benzene rings is 1. The molecule has 0 saturated carbocycles. The highest BCUT2D eigenvalue weighted by molar-refractivity contribution is 6.30. The summed E-state index contributed by atoms with van der Waals surface area (Å²) in [5.74, 6) is -1.62. The topological polar surface area (TPSA) is 119 Å². The number of ether oxygens (including phenoxy) is 1. The Bertz CT molecular complexity index is 1420. The second-order valence-electron chi connectivity index (χ2n) is 8.82. The van der Waals surface area contributed by atoms with Gasteiger partial charge in [0.2, 0.25) is 0 Å². The first-order chi connectivity index (χ1) is 17.6. The number of primary amides is 1. The van der Waals surface area contributed by atoms with E-state index in [1.807, 2.05) is 0 Å². The van der Waals surface area contributed by atoms with E-state index in [0.29, 0.717) is 23.4 Å². The number of hydrogen-bond acceptors (Lipinski definition) is 6. The third-order valence-corrected chi connectivity index (χ3v) is 6.49. The van der Waals surface area contributed by atoms with Crippen molar-refractivity contribution >= 4 is 29.8 Å². The molecule has 3 aromatic rings. The van der Waals surface area contributed by atoms with Crippen molar-refractivity contribution in [3.05, 3.63) is 69.6 Å². The molecule has 0 bridgehead atoms. The molecule has 2 aliphatic heterocycles. The van der Waals surface area contributed by atoms with Crippen LogP contribution in [-0.2, 0) is 0 Å². The highest BCUT2D eigenvalue weighted by Crippen LogP contribution is 2.33. The lowest BCUT2D eigenvalue weighted by Gasteiger charge is -2.41. The van der Waals surface area contributed by atoms with Crippen molar-refractivity contribution in [2.24, 2.45) is 10.8 Å². The number of nitrogens with zero attached hydrogens (tertiary/aromatic N) is 6. The molecule has 1 aromatic carbocycles. The predicted molar refractivity (Wildman–Crippen MR) is 130 cm³/mol. The number of pyridine rings is 1. The van der Waals surface area contributed by atoms with Gasteiger partial charge in [-0.2, -0.15) is 10.2 Å². The lowest BCUT2D eigenvalue weighted by Crippen LogP contribution is -2.58. The van der Waals surface area contributed by atoms with Crippen molar-refractivity contribution in [2.45, 2.75) is 32.4 Å². The van der Waals surface area contributed by atoms with E-state index < -0.39 is 29.7 Å². The number of carbonyl (C=O) groups excluding carboxylic acids is 2. The molecule has 1 unspecified atom stereocenters. The highest BCUT2D eigenvalue weighted by atomic mass is 35.5. The van der Waals surface area contributed by atoms with E-state index in [1.165, 1.54) is 32.8 Å². The standard InChI is InChI=1S/C24H22ClF2N7O3/c1-12-22(23(28)35)13(2)33(31-12)21-8-20(18(27)9-29-21)37-17-10-32(11-17)24(36)34-19(3-4-30-34)14-5-15(25)7-16(26)6-14/h4-9,17,19H,3,10-11H2,1-2H3,(H2,28,35). The smallest absolute Gasteiger partial charge is 0.341 e. The van der Waals surface area contributed by atoms with Crippen LogP contribution in [0.4, 0.5) is 13.6 Å². The zero-order valence-corrected chi connectivity index (χ0v) is 20.6. The summed E-state index contributed by atoms with van der Waals surface area (Å²) in [5, 5.41) is 9.95. The number of rotatable bonds is 5. The summed E-state index contributed by atoms with van der Waals surface area (Å²) in [4.78, 5) is 30.3. The molecular weight excluding hydrogens is 508 g/mol. The van der Waals surface area contributed by atoms with E-state index in [1.54, 1.807) is 26.1 Å². The molecule has 192 valence electrons. The Morgan fingerprint density at radius 3 is 2.59 bits per heavy atom. The van der Waals surface area contributed by atoms with Crippen LogP contribution in [0.1, 0.15) is 39.8 Å². The van der Waals surface area contributed by atoms with Gasteiger partial charge in [-0.25, -0.2) is 28.3 Å². The Hall–Kier alpha value is -4.06. The van der Waals surface area contributed by atoms with Crippen molar-refractivity contribution in [2.75, 3.05) is 13.1 Å². The van der Waals surface area contributed by atoms with Crippen LogP contribution in [0.5, 0.6) is 5.75 Å². The Morgan fingerprint density at radius 2 is 1.92 bits per heavy atom. The highest BCUT2D eigenvalue weighted by Gasteiger charge is 2.39. The van der Waals surface area contributed by atoms with Gasteiger partial charge >= 0.3 is 6.03 Å². The van der Waals surface area contributed by atoms with Gasteiger partial charge in [-0.05, 0) is 37.6 Å². The molecule has 1 fully saturated rings. The molecule has 2 aliphatic rings. The fraction of sp³-hybridized carbons (Fsp3) is 0.292. The van der Waals surface area contributed by atoms with Gasteiger partial charge in [0.15, 0.2) is 17.4 Å². The first-order valence-electron chi connectivity index (χ1n) is 11.4. The van der Waals surface area contributed by atoms with Crippen molar-refractivity contribution in [1.29, 1.82) is 0 Å². The summed E-state index contributed by atoms with van der Waals surface area (Å²) in [7, 11) is 0. The van der Waals surface area contributed by atoms with Gasteiger partial charge in [0, 0.05) is 23.7 Å². The lowest BCUT2D eigenvalue weighted by molar-refractivity contribution is 0.0256. The maximum absolute atomic E-state index is 14.5. The van der Waals surface area contributed by atoms with E-state index in [2.05, 4.69) is 15.2 Å². The van der Waals surface area contributed by atoms with E-state index in [4.69, 9.17) is 22.1 Å². The number of halogens is 3. The van der Waals surface area contributed by atoms with Gasteiger partial charge in [0.1, 0.15) is 11.9 Å². The van der Waals surface area contributed by atoms with Crippen LogP contribution < -0.4 is 10.5 Å². The largest absolute Gasteiger partial charge is 0.483 e. The van der Waals surface area contributed by atoms with Crippen LogP contribution in [0.3, 0.4) is 0 Å². The molecule has 5 rings (SSSR count). The maximum Gasteiger partial charge on any atom is 0.341 e.